The zero-order valence-corrected chi connectivity index (χ0v) is 10.5. The molecule has 102 valence electrons. The van der Waals surface area contributed by atoms with E-state index in [1.165, 1.54) is 18.3 Å². The smallest absolute Gasteiger partial charge is 0.120 e. The van der Waals surface area contributed by atoms with Crippen molar-refractivity contribution >= 4 is 12.2 Å². The Morgan fingerprint density at radius 2 is 2.00 bits per heavy atom. The van der Waals surface area contributed by atoms with E-state index in [0.29, 0.717) is 12.4 Å². The van der Waals surface area contributed by atoms with Crippen LogP contribution in [0, 0.1) is 0 Å². The Kier molecular flexibility index (Phi) is 4.34. The van der Waals surface area contributed by atoms with Gasteiger partial charge in [0.15, 0.2) is 0 Å². The van der Waals surface area contributed by atoms with Gasteiger partial charge in [0.25, 0.3) is 0 Å². The van der Waals surface area contributed by atoms with Crippen LogP contribution in [-0.2, 0) is 6.61 Å². The Hall–Kier alpha value is -2.82. The van der Waals surface area contributed by atoms with Gasteiger partial charge in [-0.3, -0.25) is 0 Å². The number of hydrogen-bond acceptors (Lipinski definition) is 5. The maximum Gasteiger partial charge on any atom is 0.120 e. The maximum absolute atomic E-state index is 10.6. The van der Waals surface area contributed by atoms with Gasteiger partial charge in [0.05, 0.1) is 12.2 Å². The molecule has 2 rings (SSSR count). The second-order valence-corrected chi connectivity index (χ2v) is 4.09. The number of aromatic carboxylic acids is 1. The van der Waals surface area contributed by atoms with Gasteiger partial charge in [-0.15, -0.1) is 0 Å². The van der Waals surface area contributed by atoms with Crippen molar-refractivity contribution in [2.75, 3.05) is 0 Å². The number of carbonyl (C=O) groups excluding carboxylic acids is 1. The van der Waals surface area contributed by atoms with Gasteiger partial charge in [0, 0.05) is 0 Å². The van der Waals surface area contributed by atoms with Crippen LogP contribution in [0.15, 0.2) is 53.7 Å². The van der Waals surface area contributed by atoms with Gasteiger partial charge in [-0.2, -0.15) is 0 Å². The Labute approximate surface area is 115 Å². The molecule has 5 heteroatoms. The molecule has 0 spiro atoms. The molecule has 0 atom stereocenters. The molecule has 0 radical (unpaired) electrons. The van der Waals surface area contributed by atoms with E-state index in [1.807, 2.05) is 0 Å². The average molecular weight is 270 g/mol. The third kappa shape index (κ3) is 3.58. The first-order valence-electron chi connectivity index (χ1n) is 5.89. The summed E-state index contributed by atoms with van der Waals surface area (Å²) < 4.78 is 5.57. The van der Waals surface area contributed by atoms with Gasteiger partial charge in [-0.25, -0.2) is 0 Å². The highest BCUT2D eigenvalue weighted by molar-refractivity contribution is 5.85. The third-order valence-corrected chi connectivity index (χ3v) is 2.66. The molecular formula is C15H12NO4-. The van der Waals surface area contributed by atoms with E-state index >= 15 is 0 Å². The molecule has 5 nitrogen and oxygen atoms in total. The molecule has 0 bridgehead atoms. The number of carboxylic acid groups (broad SMARTS) is 1. The first kappa shape index (κ1) is 13.6. The van der Waals surface area contributed by atoms with Crippen LogP contribution in [0.25, 0.3) is 0 Å². The molecular weight excluding hydrogens is 258 g/mol. The molecule has 0 aliphatic heterocycles. The highest BCUT2D eigenvalue weighted by Crippen LogP contribution is 2.14. The molecule has 0 fully saturated rings. The van der Waals surface area contributed by atoms with Crippen LogP contribution in [0.2, 0.25) is 0 Å². The molecule has 0 saturated heterocycles. The number of carbonyl (C=O) groups is 1. The Balaban J connectivity index is 2.01. The monoisotopic (exact) mass is 270 g/mol. The Morgan fingerprint density at radius 3 is 2.65 bits per heavy atom. The van der Waals surface area contributed by atoms with Gasteiger partial charge < -0.3 is 19.8 Å². The van der Waals surface area contributed by atoms with E-state index in [1.54, 1.807) is 36.4 Å². The molecule has 0 heterocycles. The normalized spacial score (nSPS) is 10.6. The fourth-order valence-electron chi connectivity index (χ4n) is 1.66. The highest BCUT2D eigenvalue weighted by Gasteiger charge is 1.99. The molecule has 1 N–H and O–H groups in total. The maximum atomic E-state index is 10.6. The van der Waals surface area contributed by atoms with E-state index < -0.39 is 5.97 Å². The van der Waals surface area contributed by atoms with E-state index in [2.05, 4.69) is 5.16 Å². The summed E-state index contributed by atoms with van der Waals surface area (Å²) in [6.07, 6.45) is 1.31. The lowest BCUT2D eigenvalue weighted by molar-refractivity contribution is -0.255. The topological polar surface area (TPSA) is 82.0 Å². The van der Waals surface area contributed by atoms with Crippen LogP contribution in [0.5, 0.6) is 5.75 Å². The van der Waals surface area contributed by atoms with Crippen molar-refractivity contribution in [3.63, 3.8) is 0 Å². The van der Waals surface area contributed by atoms with Crippen LogP contribution < -0.4 is 9.84 Å². The van der Waals surface area contributed by atoms with Crippen molar-refractivity contribution in [1.29, 1.82) is 0 Å². The van der Waals surface area contributed by atoms with Crippen molar-refractivity contribution in [3.8, 4) is 5.75 Å². The molecule has 2 aromatic rings. The Morgan fingerprint density at radius 1 is 1.25 bits per heavy atom. The Bertz CT molecular complexity index is 620. The number of benzene rings is 2. The van der Waals surface area contributed by atoms with Crippen LogP contribution in [0.3, 0.4) is 0 Å². The zero-order chi connectivity index (χ0) is 14.4. The van der Waals surface area contributed by atoms with Crippen LogP contribution in [0.4, 0.5) is 0 Å². The van der Waals surface area contributed by atoms with Crippen LogP contribution >= 0.6 is 0 Å². The molecule has 0 aromatic heterocycles. The van der Waals surface area contributed by atoms with Gasteiger partial charge in [0.1, 0.15) is 12.4 Å². The number of rotatable bonds is 5. The lowest BCUT2D eigenvalue weighted by Crippen LogP contribution is -2.22. The highest BCUT2D eigenvalue weighted by atomic mass is 16.5. The minimum Gasteiger partial charge on any atom is -0.545 e. The molecule has 20 heavy (non-hydrogen) atoms. The summed E-state index contributed by atoms with van der Waals surface area (Å²) in [7, 11) is 0. The summed E-state index contributed by atoms with van der Waals surface area (Å²) in [4.78, 5) is 10.6. The lowest BCUT2D eigenvalue weighted by Gasteiger charge is -2.08. The summed E-state index contributed by atoms with van der Waals surface area (Å²) >= 11 is 0. The molecule has 0 amide bonds. The third-order valence-electron chi connectivity index (χ3n) is 2.66. The molecule has 2 aromatic carbocycles. The largest absolute Gasteiger partial charge is 0.545 e. The van der Waals surface area contributed by atoms with Crippen LogP contribution in [-0.4, -0.2) is 17.4 Å². The lowest BCUT2D eigenvalue weighted by atomic mass is 10.1. The van der Waals surface area contributed by atoms with Crippen molar-refractivity contribution in [2.45, 2.75) is 6.61 Å². The van der Waals surface area contributed by atoms with Gasteiger partial charge in [0.2, 0.25) is 0 Å². The number of oxime groups is 1. The predicted octanol–water partition coefficient (Wildman–Crippen LogP) is 1.44. The van der Waals surface area contributed by atoms with E-state index in [0.717, 1.165) is 11.1 Å². The number of hydrogen-bond donors (Lipinski definition) is 1. The number of nitrogens with zero attached hydrogens (tertiary/aromatic N) is 1. The van der Waals surface area contributed by atoms with Gasteiger partial charge in [-0.05, 0) is 28.8 Å². The molecule has 0 unspecified atom stereocenters. The average Bonchev–Trinajstić information content (AvgIpc) is 2.46. The van der Waals surface area contributed by atoms with E-state index in [9.17, 15) is 9.90 Å². The predicted molar refractivity (Wildman–Crippen MR) is 70.9 cm³/mol. The minimum atomic E-state index is -1.20. The molecule has 0 aliphatic carbocycles. The van der Waals surface area contributed by atoms with Crippen molar-refractivity contribution in [1.82, 2.24) is 0 Å². The van der Waals surface area contributed by atoms with Crippen LogP contribution in [0.1, 0.15) is 21.5 Å². The summed E-state index contributed by atoms with van der Waals surface area (Å²) in [5.74, 6) is -0.570. The fraction of sp³-hybridized carbons (Fsp3) is 0.0667. The number of carboxylic acids is 1. The zero-order valence-electron chi connectivity index (χ0n) is 10.5. The van der Waals surface area contributed by atoms with Crippen molar-refractivity contribution in [3.05, 3.63) is 65.2 Å². The first-order chi connectivity index (χ1) is 9.69. The summed E-state index contributed by atoms with van der Waals surface area (Å²) in [5.41, 5.74) is 1.70. The quantitative estimate of drug-likeness (QED) is 0.506. The van der Waals surface area contributed by atoms with E-state index in [4.69, 9.17) is 9.94 Å². The summed E-state index contributed by atoms with van der Waals surface area (Å²) in [6.45, 7) is 0.313. The van der Waals surface area contributed by atoms with Gasteiger partial charge in [-0.1, -0.05) is 41.6 Å². The molecule has 0 saturated carbocycles. The second kappa shape index (κ2) is 6.38. The first-order valence-corrected chi connectivity index (χ1v) is 5.89. The number of ether oxygens (including phenoxy) is 1. The summed E-state index contributed by atoms with van der Waals surface area (Å²) in [6, 6.07) is 13.4. The SMILES string of the molecule is O=C([O-])c1ccc(COc2cccc(/C=N/O)c2)cc1. The van der Waals surface area contributed by atoms with E-state index in [-0.39, 0.29) is 5.56 Å². The fourth-order valence-corrected chi connectivity index (χ4v) is 1.66. The minimum absolute atomic E-state index is 0.134. The van der Waals surface area contributed by atoms with Crippen molar-refractivity contribution in [2.24, 2.45) is 5.16 Å². The second-order valence-electron chi connectivity index (χ2n) is 4.09. The standard InChI is InChI=1S/C15H13NO4/c17-15(18)13-6-4-11(5-7-13)10-20-14-3-1-2-12(8-14)9-16-19/h1-9,19H,10H2,(H,17,18)/p-1/b16-9+. The van der Waals surface area contributed by atoms with Crippen molar-refractivity contribution < 1.29 is 19.8 Å². The summed E-state index contributed by atoms with van der Waals surface area (Å²) in [5, 5.41) is 22.0. The van der Waals surface area contributed by atoms with Gasteiger partial charge >= 0.3 is 0 Å². The molecule has 0 aliphatic rings.